The number of alkyl halides is 60. The highest BCUT2D eigenvalue weighted by atomic mass is 35.6. The topological polar surface area (TPSA) is 0 Å². The predicted molar refractivity (Wildman–Crippen MR) is 525 cm³/mol. The summed E-state index contributed by atoms with van der Waals surface area (Å²) in [5.74, 6) is 0. The molecular weight excluding hydrogens is 2560 g/mol. The van der Waals surface area contributed by atoms with Gasteiger partial charge in [0.25, 0.3) is 0 Å². The van der Waals surface area contributed by atoms with Crippen molar-refractivity contribution in [2.24, 2.45) is 0 Å². The van der Waals surface area contributed by atoms with Gasteiger partial charge in [0, 0.05) is 0 Å². The van der Waals surface area contributed by atoms with E-state index in [1.807, 2.05) is 0 Å². The van der Waals surface area contributed by atoms with Gasteiger partial charge in [-0.3, -0.25) is 0 Å². The summed E-state index contributed by atoms with van der Waals surface area (Å²) >= 11 is 287. The van der Waals surface area contributed by atoms with Crippen molar-refractivity contribution in [3.05, 3.63) is 0 Å². The molecule has 0 rings (SSSR count). The molecule has 0 aliphatic rings. The van der Waals surface area contributed by atoms with Gasteiger partial charge in [-0.25, -0.2) is 0 Å². The second-order valence-corrected chi connectivity index (χ2v) is 29.9. The van der Waals surface area contributed by atoms with Crippen LogP contribution in [0.1, 0.15) is 39.0 Å². The second kappa shape index (κ2) is 471. The van der Waals surface area contributed by atoms with Crippen molar-refractivity contribution in [1.82, 2.24) is 0 Å². The van der Waals surface area contributed by atoms with E-state index in [4.69, 9.17) is 696 Å². The van der Waals surface area contributed by atoms with Crippen LogP contribution in [0.25, 0.3) is 0 Å². The quantitative estimate of drug-likeness (QED) is 0.190. The summed E-state index contributed by atoms with van der Waals surface area (Å²) in [6.07, 6.45) is 5.97. The zero-order valence-electron chi connectivity index (χ0n) is 48.3. The minimum absolute atomic E-state index is 0.151. The van der Waals surface area contributed by atoms with Crippen LogP contribution in [-0.4, -0.2) is 160 Å². The fraction of sp³-hybridized carbons (Fsp3) is 1.00. The molecule has 0 saturated heterocycles. The third-order valence-electron chi connectivity index (χ3n) is 1.28. The Morgan fingerprint density at radius 2 is 0.188 bits per heavy atom. The molecule has 0 aromatic heterocycles. The van der Waals surface area contributed by atoms with Crippen molar-refractivity contribution in [3.8, 4) is 0 Å². The summed E-state index contributed by atoms with van der Waals surface area (Å²) in [6, 6.07) is 0. The lowest BCUT2D eigenvalue weighted by Gasteiger charge is -1.98. The molecule has 0 heterocycles. The van der Waals surface area contributed by atoms with Crippen molar-refractivity contribution < 1.29 is 0 Å². The van der Waals surface area contributed by atoms with E-state index >= 15 is 0 Å². The number of hydrogen-bond acceptors (Lipinski definition) is 0. The van der Waals surface area contributed by atoms with Crippen molar-refractivity contribution in [2.45, 2.75) is 43.9 Å². The average molecular weight is 2630 g/mol. The zero-order chi connectivity index (χ0) is 85.6. The largest absolute Gasteiger partial charge is 0.109 e. The Bertz CT molecular complexity index is 334. The second-order valence-electron chi connectivity index (χ2n) is 5.17. The first kappa shape index (κ1) is 206. The molecular formula is C36H72Cl60. The van der Waals surface area contributed by atoms with Crippen LogP contribution in [0.2, 0.25) is 0 Å². The third kappa shape index (κ3) is 2480. The Balaban J connectivity index is -0.0000000169. The highest BCUT2D eigenvalue weighted by Gasteiger charge is 1.96. The van der Waals surface area contributed by atoms with Gasteiger partial charge in [-0.2, -0.15) is 0 Å². The normalized spacial score (nSPS) is 6.44. The summed E-state index contributed by atoms with van der Waals surface area (Å²) in [6.45, 7) is 2.19. The lowest BCUT2D eigenvalue weighted by atomic mass is 10.2. The molecule has 96 heavy (non-hydrogen) atoms. The van der Waals surface area contributed by atoms with Crippen LogP contribution in [0, 0.1) is 0 Å². The van der Waals surface area contributed by atoms with E-state index in [1.165, 1.54) is 25.7 Å². The van der Waals surface area contributed by atoms with Crippen LogP contribution in [0.5, 0.6) is 0 Å². The summed E-state index contributed by atoms with van der Waals surface area (Å²) in [5, 5.41) is 5.64. The summed E-state index contributed by atoms with van der Waals surface area (Å²) in [5.41, 5.74) is 0. The SMILES string of the molecule is CCCCCCC(Cl)Cl.ClCCl.ClCCl.ClCCl.ClCCl.ClCCl.ClCCl.ClCCl.ClCCl.ClCCl.ClCCl.ClCCl.ClCCl.ClCCl.ClCCl.ClCCl.ClCCl.ClCCl.ClCCl.ClCCl.ClCCl.ClCCl.ClCCl.ClCCl.ClCCl.ClCCl.ClCCl.ClCCl.ClCCl.ClCCl. The van der Waals surface area contributed by atoms with Gasteiger partial charge in [0.2, 0.25) is 0 Å². The smallest absolute Gasteiger partial charge is 0.107 e. The van der Waals surface area contributed by atoms with Crippen LogP contribution in [-0.2, 0) is 0 Å². The molecule has 60 heteroatoms. The van der Waals surface area contributed by atoms with Gasteiger partial charge in [-0.05, 0) is 6.42 Å². The van der Waals surface area contributed by atoms with E-state index in [9.17, 15) is 0 Å². The van der Waals surface area contributed by atoms with Crippen LogP contribution in [0.4, 0.5) is 0 Å². The lowest BCUT2D eigenvalue weighted by molar-refractivity contribution is 0.650. The Kier molecular flexibility index (Phi) is 1010. The van der Waals surface area contributed by atoms with Gasteiger partial charge in [0.15, 0.2) is 0 Å². The van der Waals surface area contributed by atoms with Gasteiger partial charge < -0.3 is 0 Å². The molecule has 0 aliphatic heterocycles. The molecule has 0 saturated carbocycles. The highest BCUT2D eigenvalue weighted by Crippen LogP contribution is 2.12. The molecule has 0 aliphatic carbocycles. The average Bonchev–Trinajstić information content (AvgIpc) is 3.47. The fourth-order valence-electron chi connectivity index (χ4n) is 0.725. The highest BCUT2D eigenvalue weighted by molar-refractivity contribution is 6.49. The van der Waals surface area contributed by atoms with E-state index in [0.717, 1.165) is 6.42 Å². The van der Waals surface area contributed by atoms with Crippen LogP contribution in [0.3, 0.4) is 0 Å². The minimum atomic E-state index is -0.151. The van der Waals surface area contributed by atoms with Crippen molar-refractivity contribution >= 4 is 696 Å². The lowest BCUT2D eigenvalue weighted by Crippen LogP contribution is -1.85. The molecule has 0 amide bonds. The molecule has 0 spiro atoms. The van der Waals surface area contributed by atoms with E-state index in [1.54, 1.807) is 0 Å². The first-order valence-electron chi connectivity index (χ1n) is 19.1. The molecule has 0 aromatic rings. The molecule has 0 aromatic carbocycles. The maximum absolute atomic E-state index is 5.52. The maximum Gasteiger partial charge on any atom is 0.107 e. The van der Waals surface area contributed by atoms with Gasteiger partial charge >= 0.3 is 0 Å². The molecule has 0 fully saturated rings. The molecule has 0 atom stereocenters. The maximum atomic E-state index is 5.52. The monoisotopic (exact) mass is 2600 g/mol. The Labute approximate surface area is 879 Å². The first-order chi connectivity index (χ1) is 45.3. The minimum Gasteiger partial charge on any atom is -0.109 e. The number of halogens is 60. The van der Waals surface area contributed by atoms with Crippen molar-refractivity contribution in [3.63, 3.8) is 0 Å². The van der Waals surface area contributed by atoms with E-state index in [-0.39, 0.29) is 160 Å². The summed E-state index contributed by atoms with van der Waals surface area (Å²) < 4.78 is 0. The number of hydrogen-bond donors (Lipinski definition) is 0. The van der Waals surface area contributed by atoms with E-state index in [2.05, 4.69) is 6.92 Å². The van der Waals surface area contributed by atoms with Crippen molar-refractivity contribution in [1.29, 1.82) is 0 Å². The molecule has 0 radical (unpaired) electrons. The van der Waals surface area contributed by atoms with Gasteiger partial charge in [-0.1, -0.05) is 32.6 Å². The van der Waals surface area contributed by atoms with Crippen LogP contribution < -0.4 is 0 Å². The standard InChI is InChI=1S/C7H14Cl2.29CH2Cl2/c1-2-3-4-5-6-7(8)9;29*2-1-3/h7H,2-6H2,1H3;29*1H2. The Hall–Kier alpha value is 17.4. The number of rotatable bonds is 5. The Morgan fingerprint density at radius 3 is 0.229 bits per heavy atom. The van der Waals surface area contributed by atoms with Gasteiger partial charge in [-0.15, -0.1) is 696 Å². The van der Waals surface area contributed by atoms with Crippen molar-refractivity contribution in [2.75, 3.05) is 155 Å². The predicted octanol–water partition coefficient (Wildman–Crippen LogP) is 45.0. The van der Waals surface area contributed by atoms with E-state index in [0.29, 0.717) is 0 Å². The number of unbranched alkanes of at least 4 members (excludes halogenated alkanes) is 3. The molecule has 0 bridgehead atoms. The summed E-state index contributed by atoms with van der Waals surface area (Å²) in [4.78, 5) is -0.151. The van der Waals surface area contributed by atoms with Gasteiger partial charge in [0.05, 0.1) is 155 Å². The molecule has 0 unspecified atom stereocenters. The molecule has 636 valence electrons. The summed E-state index contributed by atoms with van der Waals surface area (Å²) in [7, 11) is 0. The first-order valence-corrected chi connectivity index (χ1v) is 50.9. The van der Waals surface area contributed by atoms with Crippen LogP contribution >= 0.6 is 696 Å². The Morgan fingerprint density at radius 1 is 0.125 bits per heavy atom. The molecule has 0 nitrogen and oxygen atoms in total. The molecule has 0 N–H and O–H groups in total. The fourth-order valence-corrected chi connectivity index (χ4v) is 1.03. The van der Waals surface area contributed by atoms with E-state index < -0.39 is 0 Å². The zero-order valence-corrected chi connectivity index (χ0v) is 93.7. The third-order valence-corrected chi connectivity index (χ3v) is 1.71. The van der Waals surface area contributed by atoms with Crippen LogP contribution in [0.15, 0.2) is 0 Å². The van der Waals surface area contributed by atoms with Gasteiger partial charge in [0.1, 0.15) is 4.84 Å².